The second-order valence-corrected chi connectivity index (χ2v) is 14.5. The van der Waals surface area contributed by atoms with E-state index in [1.807, 2.05) is 67.3 Å². The average molecular weight is 671 g/mol. The van der Waals surface area contributed by atoms with Gasteiger partial charge in [-0.25, -0.2) is 13.6 Å². The molecule has 0 saturated carbocycles. The number of ether oxygens (including phenoxy) is 3. The first-order chi connectivity index (χ1) is 22.5. The number of rotatable bonds is 9. The minimum Gasteiger partial charge on any atom is -0.474 e. The molecule has 2 saturated heterocycles. The number of nitrogens with zero attached hydrogens (tertiary/aromatic N) is 6. The zero-order chi connectivity index (χ0) is 35.0. The molecule has 13 heteroatoms. The van der Waals surface area contributed by atoms with Crippen molar-refractivity contribution in [2.75, 3.05) is 20.1 Å². The molecule has 2 aromatic heterocycles. The number of likely N-dealkylation sites (tertiary alicyclic amines) is 2. The monoisotopic (exact) mass is 670 g/mol. The minimum atomic E-state index is -0.921. The van der Waals surface area contributed by atoms with Crippen LogP contribution in [0.4, 0.5) is 13.6 Å². The fourth-order valence-corrected chi connectivity index (χ4v) is 6.66. The van der Waals surface area contributed by atoms with Crippen LogP contribution >= 0.6 is 0 Å². The van der Waals surface area contributed by atoms with Crippen LogP contribution in [-0.4, -0.2) is 92.2 Å². The third-order valence-corrected chi connectivity index (χ3v) is 9.15. The fraction of sp³-hybridized carbons (Fsp3) is 0.629. The van der Waals surface area contributed by atoms with Crippen LogP contribution in [0.1, 0.15) is 91.2 Å². The maximum atomic E-state index is 14.2. The molecular weight excluding hydrogens is 622 g/mol. The Morgan fingerprint density at radius 2 is 1.81 bits per heavy atom. The fourth-order valence-electron chi connectivity index (χ4n) is 6.66. The molecule has 48 heavy (non-hydrogen) atoms. The molecule has 0 bridgehead atoms. The van der Waals surface area contributed by atoms with E-state index in [0.29, 0.717) is 38.2 Å². The van der Waals surface area contributed by atoms with E-state index in [4.69, 9.17) is 18.7 Å². The average Bonchev–Trinajstić information content (AvgIpc) is 3.63. The highest BCUT2D eigenvalue weighted by Crippen LogP contribution is 2.35. The highest BCUT2D eigenvalue weighted by atomic mass is 19.1. The van der Waals surface area contributed by atoms with Gasteiger partial charge in [-0.3, -0.25) is 4.90 Å². The number of benzene rings is 1. The van der Waals surface area contributed by atoms with Crippen molar-refractivity contribution in [2.45, 2.75) is 123 Å². The highest BCUT2D eigenvalue weighted by molar-refractivity contribution is 5.68. The lowest BCUT2D eigenvalue weighted by Gasteiger charge is -2.39. The van der Waals surface area contributed by atoms with Gasteiger partial charge in [0.1, 0.15) is 29.8 Å². The summed E-state index contributed by atoms with van der Waals surface area (Å²) in [6.07, 6.45) is 0.383. The van der Waals surface area contributed by atoms with Gasteiger partial charge in [-0.1, -0.05) is 18.1 Å². The molecule has 5 atom stereocenters. The van der Waals surface area contributed by atoms with Crippen LogP contribution in [-0.2, 0) is 10.2 Å². The Bertz CT molecular complexity index is 1590. The molecule has 11 nitrogen and oxygen atoms in total. The molecule has 3 aromatic rings. The van der Waals surface area contributed by atoms with Crippen molar-refractivity contribution in [3.8, 4) is 23.4 Å². The van der Waals surface area contributed by atoms with Gasteiger partial charge in [-0.2, -0.15) is 15.0 Å². The Morgan fingerprint density at radius 1 is 1.08 bits per heavy atom. The van der Waals surface area contributed by atoms with Crippen LogP contribution < -0.4 is 9.47 Å². The highest BCUT2D eigenvalue weighted by Gasteiger charge is 2.37. The Morgan fingerprint density at radius 3 is 2.46 bits per heavy atom. The number of hydrogen-bond acceptors (Lipinski definition) is 10. The Kier molecular flexibility index (Phi) is 10.3. The van der Waals surface area contributed by atoms with E-state index in [-0.39, 0.29) is 59.6 Å². The molecule has 0 aliphatic carbocycles. The summed E-state index contributed by atoms with van der Waals surface area (Å²) in [6, 6.07) is 6.00. The number of carbonyl (C=O) groups excluding carboxylic acids is 1. The first-order valence-electron chi connectivity index (χ1n) is 16.7. The summed E-state index contributed by atoms with van der Waals surface area (Å²) in [7, 11) is 1.88. The molecule has 1 amide bonds. The first-order valence-corrected chi connectivity index (χ1v) is 16.7. The second kappa shape index (κ2) is 13.9. The maximum Gasteiger partial charge on any atom is 0.410 e. The van der Waals surface area contributed by atoms with Crippen molar-refractivity contribution >= 4 is 6.09 Å². The van der Waals surface area contributed by atoms with Crippen LogP contribution in [0, 0.1) is 12.7 Å². The normalized spacial score (nSPS) is 22.9. The summed E-state index contributed by atoms with van der Waals surface area (Å²) in [5.74, 6) is 0.746. The molecule has 262 valence electrons. The van der Waals surface area contributed by atoms with Crippen molar-refractivity contribution in [1.29, 1.82) is 0 Å². The summed E-state index contributed by atoms with van der Waals surface area (Å²) < 4.78 is 52.1. The van der Waals surface area contributed by atoms with E-state index >= 15 is 0 Å². The minimum absolute atomic E-state index is 0.0703. The number of carbonyl (C=O) groups is 1. The van der Waals surface area contributed by atoms with Crippen LogP contribution in [0.3, 0.4) is 0 Å². The van der Waals surface area contributed by atoms with Gasteiger partial charge >= 0.3 is 6.09 Å². The molecule has 0 radical (unpaired) electrons. The van der Waals surface area contributed by atoms with Gasteiger partial charge in [0.2, 0.25) is 29.3 Å². The molecule has 0 unspecified atom stereocenters. The number of aromatic nitrogens is 4. The molecule has 2 aliphatic rings. The molecule has 4 heterocycles. The van der Waals surface area contributed by atoms with Crippen LogP contribution in [0.15, 0.2) is 28.8 Å². The SMILES string of the molecule is CC[C@@H]1C[C@@H](Oc2cc(O[C@@H](C)[C@@H]3C[C@@H](F)CN3C)nc(-c3noc(C(C)(C)c4ccc(F)cc4C)n3)n2)CCN1C(=O)OC(C)(C)C. The number of likely N-dealkylation sites (N-methyl/N-ethyl adjacent to an activating group) is 1. The smallest absolute Gasteiger partial charge is 0.410 e. The van der Waals surface area contributed by atoms with Gasteiger partial charge < -0.3 is 23.6 Å². The molecular formula is C35H48F2N6O5. The third kappa shape index (κ3) is 8.04. The summed E-state index contributed by atoms with van der Waals surface area (Å²) in [6.45, 7) is 16.0. The van der Waals surface area contributed by atoms with Crippen molar-refractivity contribution < 1.29 is 32.3 Å². The Hall–Kier alpha value is -3.87. The molecule has 1 aromatic carbocycles. The van der Waals surface area contributed by atoms with E-state index in [1.54, 1.807) is 17.0 Å². The van der Waals surface area contributed by atoms with Crippen molar-refractivity contribution in [3.05, 3.63) is 47.1 Å². The largest absolute Gasteiger partial charge is 0.474 e. The lowest BCUT2D eigenvalue weighted by Crippen LogP contribution is -2.50. The molecule has 0 N–H and O–H groups in total. The van der Waals surface area contributed by atoms with Crippen molar-refractivity contribution in [3.63, 3.8) is 0 Å². The van der Waals surface area contributed by atoms with E-state index in [1.165, 1.54) is 12.1 Å². The lowest BCUT2D eigenvalue weighted by molar-refractivity contribution is -0.00521. The molecule has 0 spiro atoms. The van der Waals surface area contributed by atoms with Gasteiger partial charge in [-0.05, 0) is 91.6 Å². The topological polar surface area (TPSA) is 116 Å². The van der Waals surface area contributed by atoms with Crippen LogP contribution in [0.5, 0.6) is 11.8 Å². The molecule has 2 fully saturated rings. The predicted octanol–water partition coefficient (Wildman–Crippen LogP) is 6.67. The van der Waals surface area contributed by atoms with E-state index < -0.39 is 17.2 Å². The number of aryl methyl sites for hydroxylation is 1. The number of halogens is 2. The zero-order valence-electron chi connectivity index (χ0n) is 29.4. The quantitative estimate of drug-likeness (QED) is 0.245. The molecule has 5 rings (SSSR count). The lowest BCUT2D eigenvalue weighted by atomic mass is 9.82. The van der Waals surface area contributed by atoms with Crippen LogP contribution in [0.25, 0.3) is 11.6 Å². The number of alkyl halides is 1. The number of piperidine rings is 1. The third-order valence-electron chi connectivity index (χ3n) is 9.15. The van der Waals surface area contributed by atoms with E-state index in [0.717, 1.165) is 17.5 Å². The Labute approximate surface area is 281 Å². The van der Waals surface area contributed by atoms with Gasteiger partial charge in [0, 0.05) is 38.0 Å². The van der Waals surface area contributed by atoms with Crippen LogP contribution in [0.2, 0.25) is 0 Å². The number of amides is 1. The van der Waals surface area contributed by atoms with E-state index in [9.17, 15) is 13.6 Å². The van der Waals surface area contributed by atoms with Gasteiger partial charge in [-0.15, -0.1) is 0 Å². The van der Waals surface area contributed by atoms with Crippen molar-refractivity contribution in [1.82, 2.24) is 29.9 Å². The predicted molar refractivity (Wildman–Crippen MR) is 175 cm³/mol. The van der Waals surface area contributed by atoms with E-state index in [2.05, 4.69) is 20.1 Å². The van der Waals surface area contributed by atoms with Gasteiger partial charge in [0.05, 0.1) is 11.5 Å². The first kappa shape index (κ1) is 35.4. The maximum absolute atomic E-state index is 14.2. The van der Waals surface area contributed by atoms with Crippen molar-refractivity contribution in [2.24, 2.45) is 0 Å². The summed E-state index contributed by atoms with van der Waals surface area (Å²) in [5.41, 5.74) is 0.267. The summed E-state index contributed by atoms with van der Waals surface area (Å²) in [5, 5.41) is 4.20. The zero-order valence-corrected chi connectivity index (χ0v) is 29.4. The van der Waals surface area contributed by atoms with Gasteiger partial charge in [0.25, 0.3) is 0 Å². The Balaban J connectivity index is 1.42. The van der Waals surface area contributed by atoms with Gasteiger partial charge in [0.15, 0.2) is 0 Å². The second-order valence-electron chi connectivity index (χ2n) is 14.5. The summed E-state index contributed by atoms with van der Waals surface area (Å²) in [4.78, 5) is 30.6. The number of hydrogen-bond donors (Lipinski definition) is 0. The standard InChI is InChI=1S/C35H48F2N6O5/c1-10-24-17-25(13-14-43(24)33(44)47-34(4,5)6)46-29-18-28(45-21(3)27-16-23(37)19-42(27)9)38-30(39-29)31-40-32(48-41-31)35(7,8)26-12-11-22(36)15-20(26)2/h11-12,15,18,21,23-25,27H,10,13-14,16-17,19H2,1-9H3/t21-,23+,24+,25-,27-/m0/s1. The molecule has 2 aliphatic heterocycles. The summed E-state index contributed by atoms with van der Waals surface area (Å²) >= 11 is 0.